The Hall–Kier alpha value is -2.89. The monoisotopic (exact) mass is 406 g/mol. The first-order chi connectivity index (χ1) is 14.6. The number of aryl methyl sites for hydroxylation is 3. The molecule has 1 saturated heterocycles. The van der Waals surface area contributed by atoms with Gasteiger partial charge in [-0.15, -0.1) is 0 Å². The van der Waals surface area contributed by atoms with Crippen LogP contribution in [0.15, 0.2) is 30.3 Å². The second kappa shape index (κ2) is 8.86. The van der Waals surface area contributed by atoms with Crippen LogP contribution in [0, 0.1) is 13.8 Å². The molecule has 6 nitrogen and oxygen atoms in total. The van der Waals surface area contributed by atoms with Crippen LogP contribution in [-0.4, -0.2) is 45.8 Å². The Morgan fingerprint density at radius 1 is 1.10 bits per heavy atom. The number of carbonyl (C=O) groups excluding carboxylic acids is 1. The smallest absolute Gasteiger partial charge is 0.224 e. The molecule has 0 unspecified atom stereocenters. The van der Waals surface area contributed by atoms with Crippen LogP contribution in [-0.2, 0) is 11.3 Å². The zero-order valence-corrected chi connectivity index (χ0v) is 18.1. The van der Waals surface area contributed by atoms with Crippen molar-refractivity contribution in [2.45, 2.75) is 52.5 Å². The first-order valence-electron chi connectivity index (χ1n) is 10.8. The van der Waals surface area contributed by atoms with E-state index in [0.29, 0.717) is 13.0 Å². The van der Waals surface area contributed by atoms with Gasteiger partial charge in [0.1, 0.15) is 11.4 Å². The van der Waals surface area contributed by atoms with Crippen LogP contribution in [0.25, 0.3) is 22.3 Å². The number of fused-ring (bicyclic) bond motifs is 1. The second-order valence-corrected chi connectivity index (χ2v) is 8.10. The minimum atomic E-state index is 0.212. The van der Waals surface area contributed by atoms with Crippen molar-refractivity contribution in [2.75, 3.05) is 20.2 Å². The Balaban J connectivity index is 1.69. The number of nitrogens with zero attached hydrogens (tertiary/aromatic N) is 4. The lowest BCUT2D eigenvalue weighted by molar-refractivity contribution is -0.131. The lowest BCUT2D eigenvalue weighted by atomic mass is 10.0. The zero-order chi connectivity index (χ0) is 21.1. The fourth-order valence-electron chi connectivity index (χ4n) is 4.38. The van der Waals surface area contributed by atoms with Gasteiger partial charge < -0.3 is 9.64 Å². The Kier molecular flexibility index (Phi) is 6.02. The quantitative estimate of drug-likeness (QED) is 0.625. The molecular weight excluding hydrogens is 376 g/mol. The summed E-state index contributed by atoms with van der Waals surface area (Å²) in [4.78, 5) is 19.6. The maximum Gasteiger partial charge on any atom is 0.224 e. The molecule has 0 N–H and O–H groups in total. The first kappa shape index (κ1) is 20.4. The summed E-state index contributed by atoms with van der Waals surface area (Å²) in [6.07, 6.45) is 5.09. The largest absolute Gasteiger partial charge is 0.496 e. The van der Waals surface area contributed by atoms with Gasteiger partial charge in [0.2, 0.25) is 5.91 Å². The average Bonchev–Trinajstić information content (AvgIpc) is 2.91. The van der Waals surface area contributed by atoms with Gasteiger partial charge in [-0.25, -0.2) is 9.67 Å². The minimum absolute atomic E-state index is 0.212. The summed E-state index contributed by atoms with van der Waals surface area (Å²) >= 11 is 0. The highest BCUT2D eigenvalue weighted by atomic mass is 16.5. The summed E-state index contributed by atoms with van der Waals surface area (Å²) in [6.45, 7) is 6.36. The minimum Gasteiger partial charge on any atom is -0.496 e. The Labute approximate surface area is 177 Å². The van der Waals surface area contributed by atoms with Crippen LogP contribution in [0.4, 0.5) is 0 Å². The summed E-state index contributed by atoms with van der Waals surface area (Å²) in [5.74, 6) is 0.994. The molecule has 4 rings (SSSR count). The topological polar surface area (TPSA) is 60.3 Å². The van der Waals surface area contributed by atoms with Gasteiger partial charge in [-0.2, -0.15) is 5.10 Å². The predicted octanol–water partition coefficient (Wildman–Crippen LogP) is 4.52. The van der Waals surface area contributed by atoms with E-state index in [9.17, 15) is 4.79 Å². The lowest BCUT2D eigenvalue weighted by Gasteiger charge is -2.20. The first-order valence-corrected chi connectivity index (χ1v) is 10.8. The third-order valence-corrected chi connectivity index (χ3v) is 5.89. The molecule has 158 valence electrons. The number of hydrogen-bond acceptors (Lipinski definition) is 4. The fraction of sp³-hybridized carbons (Fsp3) is 0.458. The van der Waals surface area contributed by atoms with E-state index in [1.165, 1.54) is 12.8 Å². The summed E-state index contributed by atoms with van der Waals surface area (Å²) < 4.78 is 7.48. The molecule has 3 heterocycles. The number of pyridine rings is 1. The number of aromatic nitrogens is 3. The highest BCUT2D eigenvalue weighted by molar-refractivity contribution is 5.95. The van der Waals surface area contributed by atoms with E-state index >= 15 is 0 Å². The molecule has 1 fully saturated rings. The molecule has 6 heteroatoms. The SMILES string of the molecule is COc1ccccc1-c1nn(CCC(=O)N2CCCCCC2)c2nc(C)cc(C)c12. The molecule has 3 aromatic rings. The summed E-state index contributed by atoms with van der Waals surface area (Å²) in [6, 6.07) is 9.99. The highest BCUT2D eigenvalue weighted by Crippen LogP contribution is 2.35. The molecule has 1 aliphatic heterocycles. The second-order valence-electron chi connectivity index (χ2n) is 8.10. The number of amides is 1. The van der Waals surface area contributed by atoms with E-state index in [1.807, 2.05) is 40.8 Å². The highest BCUT2D eigenvalue weighted by Gasteiger charge is 2.21. The van der Waals surface area contributed by atoms with Crippen molar-refractivity contribution < 1.29 is 9.53 Å². The van der Waals surface area contributed by atoms with E-state index in [0.717, 1.165) is 65.2 Å². The van der Waals surface area contributed by atoms with Crippen molar-refractivity contribution in [1.82, 2.24) is 19.7 Å². The van der Waals surface area contributed by atoms with Gasteiger partial charge in [0, 0.05) is 30.8 Å². The van der Waals surface area contributed by atoms with Gasteiger partial charge in [0.25, 0.3) is 0 Å². The van der Waals surface area contributed by atoms with Gasteiger partial charge >= 0.3 is 0 Å². The van der Waals surface area contributed by atoms with E-state index in [4.69, 9.17) is 14.8 Å². The molecular formula is C24H30N4O2. The summed E-state index contributed by atoms with van der Waals surface area (Å²) in [5.41, 5.74) is 4.71. The van der Waals surface area contributed by atoms with E-state index < -0.39 is 0 Å². The van der Waals surface area contributed by atoms with Gasteiger partial charge in [-0.1, -0.05) is 25.0 Å². The van der Waals surface area contributed by atoms with Crippen molar-refractivity contribution in [1.29, 1.82) is 0 Å². The maximum atomic E-state index is 12.8. The number of ether oxygens (including phenoxy) is 1. The molecule has 0 aliphatic carbocycles. The van der Waals surface area contributed by atoms with Crippen LogP contribution >= 0.6 is 0 Å². The van der Waals surface area contributed by atoms with E-state index in [2.05, 4.69) is 13.0 Å². The number of rotatable bonds is 5. The number of methoxy groups -OCH3 is 1. The lowest BCUT2D eigenvalue weighted by Crippen LogP contribution is -2.32. The average molecular weight is 407 g/mol. The molecule has 1 aromatic carbocycles. The number of hydrogen-bond donors (Lipinski definition) is 0. The maximum absolute atomic E-state index is 12.8. The van der Waals surface area contributed by atoms with Crippen LogP contribution in [0.1, 0.15) is 43.4 Å². The molecule has 30 heavy (non-hydrogen) atoms. The van der Waals surface area contributed by atoms with Crippen molar-refractivity contribution in [3.63, 3.8) is 0 Å². The van der Waals surface area contributed by atoms with Crippen LogP contribution in [0.5, 0.6) is 5.75 Å². The molecule has 2 aromatic heterocycles. The number of carbonyl (C=O) groups is 1. The van der Waals surface area contributed by atoms with Crippen LogP contribution < -0.4 is 4.74 Å². The van der Waals surface area contributed by atoms with Crippen molar-refractivity contribution in [3.8, 4) is 17.0 Å². The third-order valence-electron chi connectivity index (χ3n) is 5.89. The Morgan fingerprint density at radius 2 is 1.83 bits per heavy atom. The Bertz CT molecular complexity index is 1050. The van der Waals surface area contributed by atoms with E-state index in [1.54, 1.807) is 7.11 Å². The molecule has 1 amide bonds. The number of benzene rings is 1. The molecule has 0 bridgehead atoms. The van der Waals surface area contributed by atoms with Gasteiger partial charge in [-0.3, -0.25) is 4.79 Å². The van der Waals surface area contributed by atoms with Crippen molar-refractivity contribution in [2.24, 2.45) is 0 Å². The van der Waals surface area contributed by atoms with Crippen LogP contribution in [0.3, 0.4) is 0 Å². The van der Waals surface area contributed by atoms with Gasteiger partial charge in [0.05, 0.1) is 19.0 Å². The molecule has 0 spiro atoms. The molecule has 0 saturated carbocycles. The fourth-order valence-corrected chi connectivity index (χ4v) is 4.38. The standard InChI is InChI=1S/C24H30N4O2/c1-17-16-18(2)25-24-22(17)23(19-10-6-7-11-20(19)30-3)26-28(24)15-12-21(29)27-13-8-4-5-9-14-27/h6-7,10-11,16H,4-5,8-9,12-15H2,1-3H3. The van der Waals surface area contributed by atoms with Gasteiger partial charge in [0.15, 0.2) is 5.65 Å². The number of likely N-dealkylation sites (tertiary alicyclic amines) is 1. The Morgan fingerprint density at radius 3 is 2.57 bits per heavy atom. The van der Waals surface area contributed by atoms with Crippen LogP contribution in [0.2, 0.25) is 0 Å². The van der Waals surface area contributed by atoms with Crippen molar-refractivity contribution in [3.05, 3.63) is 41.6 Å². The summed E-state index contributed by atoms with van der Waals surface area (Å²) in [5, 5.41) is 5.93. The summed E-state index contributed by atoms with van der Waals surface area (Å²) in [7, 11) is 1.67. The zero-order valence-electron chi connectivity index (χ0n) is 18.1. The molecule has 1 aliphatic rings. The normalized spacial score (nSPS) is 14.7. The van der Waals surface area contributed by atoms with E-state index in [-0.39, 0.29) is 5.91 Å². The molecule has 0 atom stereocenters. The predicted molar refractivity (Wildman–Crippen MR) is 119 cm³/mol. The number of para-hydroxylation sites is 1. The molecule has 0 radical (unpaired) electrons. The van der Waals surface area contributed by atoms with Crippen molar-refractivity contribution >= 4 is 16.9 Å². The van der Waals surface area contributed by atoms with Gasteiger partial charge in [-0.05, 0) is 50.5 Å². The third kappa shape index (κ3) is 4.04.